The fourth-order valence-electron chi connectivity index (χ4n) is 1.96. The number of ether oxygens (including phenoxy) is 1. The van der Waals surface area contributed by atoms with E-state index in [1.54, 1.807) is 0 Å². The molecule has 1 aromatic rings. The smallest absolute Gasteiger partial charge is 0.254 e. The summed E-state index contributed by atoms with van der Waals surface area (Å²) in [5.41, 5.74) is 0.191. The van der Waals surface area contributed by atoms with Gasteiger partial charge in [-0.3, -0.25) is 4.79 Å². The normalized spacial score (nSPS) is 18.9. The maximum atomic E-state index is 11.9. The Balaban J connectivity index is 1.87. The number of anilines is 1. The van der Waals surface area contributed by atoms with Crippen LogP contribution < -0.4 is 10.6 Å². The largest absolute Gasteiger partial charge is 0.376 e. The van der Waals surface area contributed by atoms with E-state index in [2.05, 4.69) is 20.6 Å². The lowest BCUT2D eigenvalue weighted by molar-refractivity contribution is 0.0918. The molecule has 1 aliphatic heterocycles. The third-order valence-corrected chi connectivity index (χ3v) is 2.91. The number of nitrogens with one attached hydrogen (secondary N) is 2. The Bertz CT molecular complexity index is 447. The van der Waals surface area contributed by atoms with Crippen molar-refractivity contribution in [2.24, 2.45) is 0 Å². The number of hydrogen-bond donors (Lipinski definition) is 2. The van der Waals surface area contributed by atoms with E-state index >= 15 is 0 Å². The molecule has 1 unspecified atom stereocenters. The number of hydrogen-bond acceptors (Lipinski definition) is 5. The van der Waals surface area contributed by atoms with Crippen molar-refractivity contribution in [1.82, 2.24) is 15.3 Å². The molecule has 1 aliphatic rings. The number of aromatic nitrogens is 2. The van der Waals surface area contributed by atoms with Crippen LogP contribution in [-0.2, 0) is 4.74 Å². The Morgan fingerprint density at radius 2 is 2.10 bits per heavy atom. The van der Waals surface area contributed by atoms with Crippen LogP contribution in [0, 0.1) is 0 Å². The van der Waals surface area contributed by atoms with Crippen molar-refractivity contribution in [2.75, 3.05) is 18.5 Å². The minimum absolute atomic E-state index is 0.164. The molecule has 0 spiro atoms. The number of rotatable bonds is 4. The molecule has 2 rings (SSSR count). The molecule has 1 aromatic heterocycles. The molecule has 20 heavy (non-hydrogen) atoms. The zero-order valence-electron chi connectivity index (χ0n) is 12.3. The molecule has 0 radical (unpaired) electrons. The van der Waals surface area contributed by atoms with Crippen molar-refractivity contribution in [2.45, 2.75) is 45.3 Å². The minimum atomic E-state index is -0.270. The third-order valence-electron chi connectivity index (χ3n) is 2.91. The molecule has 2 heterocycles. The summed E-state index contributed by atoms with van der Waals surface area (Å²) in [6.07, 6.45) is 5.48. The predicted octanol–water partition coefficient (Wildman–Crippen LogP) is 1.60. The fraction of sp³-hybridized carbons (Fsp3) is 0.643. The van der Waals surface area contributed by atoms with Crippen LogP contribution in [0.5, 0.6) is 0 Å². The average molecular weight is 278 g/mol. The number of amides is 1. The van der Waals surface area contributed by atoms with Crippen LogP contribution in [-0.4, -0.2) is 40.7 Å². The van der Waals surface area contributed by atoms with E-state index < -0.39 is 0 Å². The van der Waals surface area contributed by atoms with E-state index in [1.807, 2.05) is 20.8 Å². The highest BCUT2D eigenvalue weighted by molar-refractivity contribution is 5.94. The van der Waals surface area contributed by atoms with Gasteiger partial charge in [-0.05, 0) is 33.6 Å². The molecule has 2 N–H and O–H groups in total. The van der Waals surface area contributed by atoms with E-state index in [-0.39, 0.29) is 17.6 Å². The second-order valence-corrected chi connectivity index (χ2v) is 6.02. The van der Waals surface area contributed by atoms with Crippen molar-refractivity contribution in [3.05, 3.63) is 18.0 Å². The summed E-state index contributed by atoms with van der Waals surface area (Å²) in [4.78, 5) is 20.2. The van der Waals surface area contributed by atoms with Gasteiger partial charge in [-0.25, -0.2) is 9.97 Å². The first-order valence-corrected chi connectivity index (χ1v) is 6.94. The molecule has 1 amide bonds. The summed E-state index contributed by atoms with van der Waals surface area (Å²) in [6, 6.07) is 0. The van der Waals surface area contributed by atoms with Gasteiger partial charge in [0.25, 0.3) is 5.91 Å². The van der Waals surface area contributed by atoms with Gasteiger partial charge in [0, 0.05) is 31.1 Å². The Labute approximate surface area is 119 Å². The van der Waals surface area contributed by atoms with Gasteiger partial charge >= 0.3 is 0 Å². The van der Waals surface area contributed by atoms with Gasteiger partial charge in [-0.15, -0.1) is 0 Å². The second kappa shape index (κ2) is 6.17. The maximum Gasteiger partial charge on any atom is 0.254 e. The lowest BCUT2D eigenvalue weighted by atomic mass is 10.1. The van der Waals surface area contributed by atoms with Crippen LogP contribution in [0.15, 0.2) is 12.4 Å². The second-order valence-electron chi connectivity index (χ2n) is 6.02. The van der Waals surface area contributed by atoms with Gasteiger partial charge in [0.1, 0.15) is 0 Å². The van der Waals surface area contributed by atoms with Gasteiger partial charge in [0.05, 0.1) is 11.7 Å². The molecule has 0 bridgehead atoms. The monoisotopic (exact) mass is 278 g/mol. The van der Waals surface area contributed by atoms with Gasteiger partial charge in [-0.2, -0.15) is 0 Å². The van der Waals surface area contributed by atoms with Crippen LogP contribution in [0.25, 0.3) is 0 Å². The highest BCUT2D eigenvalue weighted by Gasteiger charge is 2.17. The van der Waals surface area contributed by atoms with Gasteiger partial charge < -0.3 is 15.4 Å². The molecule has 1 saturated heterocycles. The zero-order valence-corrected chi connectivity index (χ0v) is 12.3. The number of carbonyl (C=O) groups excluding carboxylic acids is 1. The number of carbonyl (C=O) groups is 1. The van der Waals surface area contributed by atoms with Crippen molar-refractivity contribution in [3.8, 4) is 0 Å². The standard InChI is InChI=1S/C14H22N4O2/c1-14(2,3)18-12(19)10-7-15-13(16-8-10)17-9-11-5-4-6-20-11/h7-8,11H,4-6,9H2,1-3H3,(H,18,19)(H,15,16,17). The van der Waals surface area contributed by atoms with Crippen LogP contribution in [0.4, 0.5) is 5.95 Å². The third kappa shape index (κ3) is 4.45. The highest BCUT2D eigenvalue weighted by atomic mass is 16.5. The predicted molar refractivity (Wildman–Crippen MR) is 76.7 cm³/mol. The first-order valence-electron chi connectivity index (χ1n) is 6.94. The summed E-state index contributed by atoms with van der Waals surface area (Å²) >= 11 is 0. The average Bonchev–Trinajstić information content (AvgIpc) is 2.88. The van der Waals surface area contributed by atoms with Gasteiger partial charge in [0.2, 0.25) is 5.95 Å². The van der Waals surface area contributed by atoms with Crippen LogP contribution >= 0.6 is 0 Å². The van der Waals surface area contributed by atoms with Crippen molar-refractivity contribution in [1.29, 1.82) is 0 Å². The van der Waals surface area contributed by atoms with Crippen LogP contribution in [0.1, 0.15) is 44.0 Å². The van der Waals surface area contributed by atoms with E-state index in [0.29, 0.717) is 18.1 Å². The summed E-state index contributed by atoms with van der Waals surface area (Å²) in [6.45, 7) is 7.34. The molecule has 0 aromatic carbocycles. The lowest BCUT2D eigenvalue weighted by Crippen LogP contribution is -2.40. The van der Waals surface area contributed by atoms with E-state index in [1.165, 1.54) is 12.4 Å². The Kier molecular flexibility index (Phi) is 4.54. The minimum Gasteiger partial charge on any atom is -0.376 e. The molecule has 1 atom stereocenters. The molecule has 1 fully saturated rings. The number of nitrogens with zero attached hydrogens (tertiary/aromatic N) is 2. The zero-order chi connectivity index (χ0) is 14.6. The Morgan fingerprint density at radius 1 is 1.40 bits per heavy atom. The summed E-state index contributed by atoms with van der Waals surface area (Å²) in [5.74, 6) is 0.357. The Hall–Kier alpha value is -1.69. The van der Waals surface area contributed by atoms with Crippen LogP contribution in [0.2, 0.25) is 0 Å². The van der Waals surface area contributed by atoms with E-state index in [9.17, 15) is 4.79 Å². The molecule has 0 aliphatic carbocycles. The van der Waals surface area contributed by atoms with Crippen molar-refractivity contribution >= 4 is 11.9 Å². The molecule has 110 valence electrons. The molecular formula is C14H22N4O2. The summed E-state index contributed by atoms with van der Waals surface area (Å²) in [5, 5.41) is 5.99. The lowest BCUT2D eigenvalue weighted by Gasteiger charge is -2.20. The molecule has 6 heteroatoms. The first kappa shape index (κ1) is 14.7. The maximum absolute atomic E-state index is 11.9. The van der Waals surface area contributed by atoms with Crippen molar-refractivity contribution in [3.63, 3.8) is 0 Å². The fourth-order valence-corrected chi connectivity index (χ4v) is 1.96. The molecule has 0 saturated carbocycles. The molecule has 6 nitrogen and oxygen atoms in total. The van der Waals surface area contributed by atoms with Gasteiger partial charge in [0.15, 0.2) is 0 Å². The van der Waals surface area contributed by atoms with E-state index in [4.69, 9.17) is 4.74 Å². The SMILES string of the molecule is CC(C)(C)NC(=O)c1cnc(NCC2CCCO2)nc1. The van der Waals surface area contributed by atoms with Crippen molar-refractivity contribution < 1.29 is 9.53 Å². The summed E-state index contributed by atoms with van der Waals surface area (Å²) < 4.78 is 5.51. The van der Waals surface area contributed by atoms with E-state index in [0.717, 1.165) is 19.4 Å². The van der Waals surface area contributed by atoms with Gasteiger partial charge in [-0.1, -0.05) is 0 Å². The summed E-state index contributed by atoms with van der Waals surface area (Å²) in [7, 11) is 0. The van der Waals surface area contributed by atoms with Crippen LogP contribution in [0.3, 0.4) is 0 Å². The Morgan fingerprint density at radius 3 is 2.65 bits per heavy atom. The molecular weight excluding hydrogens is 256 g/mol. The quantitative estimate of drug-likeness (QED) is 0.875. The first-order chi connectivity index (χ1) is 9.44. The highest BCUT2D eigenvalue weighted by Crippen LogP contribution is 2.12. The topological polar surface area (TPSA) is 76.1 Å².